The van der Waals surface area contributed by atoms with Crippen LogP contribution in [0, 0.1) is 0 Å². The van der Waals surface area contributed by atoms with Crippen molar-refractivity contribution in [1.82, 2.24) is 5.32 Å². The Morgan fingerprint density at radius 2 is 1.62 bits per heavy atom. The summed E-state index contributed by atoms with van der Waals surface area (Å²) in [7, 11) is 0. The molecule has 1 fully saturated rings. The quantitative estimate of drug-likeness (QED) is 0.223. The van der Waals surface area contributed by atoms with Gasteiger partial charge in [0.25, 0.3) is 0 Å². The zero-order valence-corrected chi connectivity index (χ0v) is 14.7. The molecule has 0 saturated carbocycles. The number of nitrogens with one attached hydrogen (secondary N) is 1. The highest BCUT2D eigenvalue weighted by atomic mass is 16.6. The Hall–Kier alpha value is -2.85. The van der Waals surface area contributed by atoms with E-state index in [9.17, 15) is 19.2 Å². The van der Waals surface area contributed by atoms with Crippen LogP contribution in [-0.2, 0) is 38.1 Å². The molecule has 5 atom stereocenters. The molecule has 0 aromatic heterocycles. The molecule has 12 nitrogen and oxygen atoms in total. The lowest BCUT2D eigenvalue weighted by atomic mass is 9.95. The lowest BCUT2D eigenvalue weighted by Crippen LogP contribution is -2.65. The van der Waals surface area contributed by atoms with Crippen molar-refractivity contribution in [3.8, 4) is 0 Å². The second-order valence-electron chi connectivity index (χ2n) is 5.45. The highest BCUT2D eigenvalue weighted by molar-refractivity contribution is 5.73. The number of esters is 3. The van der Waals surface area contributed by atoms with Crippen LogP contribution in [0.3, 0.4) is 0 Å². The Morgan fingerprint density at radius 3 is 2.08 bits per heavy atom. The third kappa shape index (κ3) is 6.22. The Morgan fingerprint density at radius 1 is 1.04 bits per heavy atom. The normalized spacial score (nSPS) is 27.5. The summed E-state index contributed by atoms with van der Waals surface area (Å²) < 4.78 is 20.8. The summed E-state index contributed by atoms with van der Waals surface area (Å²) in [6.45, 7) is 4.26. The van der Waals surface area contributed by atoms with Crippen molar-refractivity contribution < 1.29 is 38.1 Å². The number of hydrogen-bond donors (Lipinski definition) is 1. The minimum atomic E-state index is -1.29. The van der Waals surface area contributed by atoms with Crippen molar-refractivity contribution >= 4 is 23.8 Å². The SMILES string of the molecule is CC(=O)N[C@H]1[C@H](OC(C)=O)[C@@H](OC(C)=O)[C@@H](COC(C)=O)O[C@H]1N=[N+]=[N-]. The Bertz CT molecular complexity index is 618. The molecule has 1 aliphatic heterocycles. The first-order chi connectivity index (χ1) is 12.1. The molecule has 0 unspecified atom stereocenters. The van der Waals surface area contributed by atoms with Crippen molar-refractivity contribution in [2.24, 2.45) is 5.11 Å². The van der Waals surface area contributed by atoms with Crippen LogP contribution >= 0.6 is 0 Å². The maximum absolute atomic E-state index is 11.5. The van der Waals surface area contributed by atoms with E-state index in [4.69, 9.17) is 24.5 Å². The van der Waals surface area contributed by atoms with Gasteiger partial charge in [-0.25, -0.2) is 0 Å². The highest BCUT2D eigenvalue weighted by Gasteiger charge is 2.50. The minimum Gasteiger partial charge on any atom is -0.463 e. The Kier molecular flexibility index (Phi) is 7.81. The van der Waals surface area contributed by atoms with Gasteiger partial charge in [-0.15, -0.1) is 0 Å². The van der Waals surface area contributed by atoms with E-state index in [1.807, 2.05) is 0 Å². The Labute approximate surface area is 148 Å². The van der Waals surface area contributed by atoms with Gasteiger partial charge < -0.3 is 24.3 Å². The van der Waals surface area contributed by atoms with Crippen molar-refractivity contribution in [3.63, 3.8) is 0 Å². The van der Waals surface area contributed by atoms with Gasteiger partial charge in [0.05, 0.1) is 0 Å². The molecule has 1 rings (SSSR count). The second kappa shape index (κ2) is 9.59. The largest absolute Gasteiger partial charge is 0.463 e. The third-order valence-corrected chi connectivity index (χ3v) is 3.26. The van der Waals surface area contributed by atoms with E-state index < -0.39 is 54.4 Å². The van der Waals surface area contributed by atoms with E-state index in [1.54, 1.807) is 0 Å². The molecule has 1 saturated heterocycles. The first-order valence-electron chi connectivity index (χ1n) is 7.60. The van der Waals surface area contributed by atoms with Crippen LogP contribution in [0.15, 0.2) is 5.11 Å². The smallest absolute Gasteiger partial charge is 0.303 e. The molecular formula is C14H20N4O8. The molecule has 0 radical (unpaired) electrons. The highest BCUT2D eigenvalue weighted by Crippen LogP contribution is 2.28. The molecule has 1 aliphatic rings. The van der Waals surface area contributed by atoms with Gasteiger partial charge in [-0.3, -0.25) is 19.2 Å². The number of nitrogens with zero attached hydrogens (tertiary/aromatic N) is 3. The van der Waals surface area contributed by atoms with E-state index in [2.05, 4.69) is 15.3 Å². The number of carbonyl (C=O) groups excluding carboxylic acids is 4. The fourth-order valence-corrected chi connectivity index (χ4v) is 2.46. The summed E-state index contributed by atoms with van der Waals surface area (Å²) in [5.74, 6) is -2.58. The molecule has 0 aromatic rings. The van der Waals surface area contributed by atoms with Gasteiger partial charge in [0.15, 0.2) is 18.4 Å². The van der Waals surface area contributed by atoms with Crippen molar-refractivity contribution in [1.29, 1.82) is 0 Å². The zero-order chi connectivity index (χ0) is 19.9. The minimum absolute atomic E-state index is 0.352. The molecule has 12 heteroatoms. The molecule has 1 amide bonds. The molecule has 0 aromatic carbocycles. The second-order valence-corrected chi connectivity index (χ2v) is 5.45. The van der Waals surface area contributed by atoms with E-state index in [0.717, 1.165) is 20.8 Å². The predicted octanol–water partition coefficient (Wildman–Crippen LogP) is -0.0472. The third-order valence-electron chi connectivity index (χ3n) is 3.26. The topological polar surface area (TPSA) is 166 Å². The fraction of sp³-hybridized carbons (Fsp3) is 0.714. The summed E-state index contributed by atoms with van der Waals surface area (Å²) in [6, 6.07) is -1.12. The van der Waals surface area contributed by atoms with Gasteiger partial charge in [0.2, 0.25) is 5.91 Å². The molecule has 0 aliphatic carbocycles. The van der Waals surface area contributed by atoms with E-state index in [-0.39, 0.29) is 6.61 Å². The van der Waals surface area contributed by atoms with E-state index >= 15 is 0 Å². The first kappa shape index (κ1) is 21.2. The number of amides is 1. The van der Waals surface area contributed by atoms with Gasteiger partial charge in [-0.05, 0) is 5.53 Å². The summed E-state index contributed by atoms with van der Waals surface area (Å²) in [5.41, 5.74) is 8.74. The lowest BCUT2D eigenvalue weighted by Gasteiger charge is -2.43. The van der Waals surface area contributed by atoms with Crippen LogP contribution in [0.5, 0.6) is 0 Å². The number of ether oxygens (including phenoxy) is 4. The van der Waals surface area contributed by atoms with Gasteiger partial charge in [-0.2, -0.15) is 0 Å². The summed E-state index contributed by atoms with van der Waals surface area (Å²) in [4.78, 5) is 48.2. The summed E-state index contributed by atoms with van der Waals surface area (Å²) >= 11 is 0. The van der Waals surface area contributed by atoms with Crippen LogP contribution in [0.4, 0.5) is 0 Å². The molecular weight excluding hydrogens is 352 g/mol. The molecule has 26 heavy (non-hydrogen) atoms. The summed E-state index contributed by atoms with van der Waals surface area (Å²) in [5, 5.41) is 5.89. The van der Waals surface area contributed by atoms with Gasteiger partial charge in [0.1, 0.15) is 18.8 Å². The maximum atomic E-state index is 11.5. The fourth-order valence-electron chi connectivity index (χ4n) is 2.46. The van der Waals surface area contributed by atoms with Crippen LogP contribution in [0.25, 0.3) is 10.4 Å². The number of carbonyl (C=O) groups is 4. The molecule has 1 N–H and O–H groups in total. The van der Waals surface area contributed by atoms with Crippen molar-refractivity contribution in [3.05, 3.63) is 10.4 Å². The van der Waals surface area contributed by atoms with Crippen molar-refractivity contribution in [2.75, 3.05) is 6.61 Å². The van der Waals surface area contributed by atoms with Crippen LogP contribution in [-0.4, -0.2) is 61.0 Å². The Balaban J connectivity index is 3.28. The number of hydrogen-bond acceptors (Lipinski definition) is 9. The molecule has 144 valence electrons. The van der Waals surface area contributed by atoms with Crippen LogP contribution in [0.1, 0.15) is 27.7 Å². The standard InChI is InChI=1S/C14H20N4O8/c1-6(19)16-11-13(25-9(4)22)12(24-8(3)21)10(5-23-7(2)20)26-14(11)17-18-15/h10-14H,5H2,1-4H3,(H,16,19)/t10-,11+,12+,13+,14-/m1/s1. The predicted molar refractivity (Wildman–Crippen MR) is 83.2 cm³/mol. The van der Waals surface area contributed by atoms with Gasteiger partial charge in [0, 0.05) is 32.6 Å². The van der Waals surface area contributed by atoms with Gasteiger partial charge >= 0.3 is 17.9 Å². The molecule has 0 bridgehead atoms. The maximum Gasteiger partial charge on any atom is 0.303 e. The van der Waals surface area contributed by atoms with Crippen LogP contribution in [0.2, 0.25) is 0 Å². The number of azide groups is 1. The monoisotopic (exact) mass is 372 g/mol. The average molecular weight is 372 g/mol. The lowest BCUT2D eigenvalue weighted by molar-refractivity contribution is -0.222. The molecule has 0 spiro atoms. The van der Waals surface area contributed by atoms with Gasteiger partial charge in [-0.1, -0.05) is 5.11 Å². The van der Waals surface area contributed by atoms with E-state index in [0.29, 0.717) is 0 Å². The zero-order valence-electron chi connectivity index (χ0n) is 14.7. The van der Waals surface area contributed by atoms with Crippen LogP contribution < -0.4 is 5.32 Å². The first-order valence-corrected chi connectivity index (χ1v) is 7.60. The summed E-state index contributed by atoms with van der Waals surface area (Å²) in [6.07, 6.45) is -4.82. The average Bonchev–Trinajstić information content (AvgIpc) is 2.50. The van der Waals surface area contributed by atoms with E-state index in [1.165, 1.54) is 6.92 Å². The van der Waals surface area contributed by atoms with Crippen molar-refractivity contribution in [2.45, 2.75) is 58.3 Å². The number of rotatable bonds is 6. The molecule has 1 heterocycles.